The molecule has 2 aromatic carbocycles. The summed E-state index contributed by atoms with van der Waals surface area (Å²) in [6.45, 7) is 0.875. The van der Waals surface area contributed by atoms with E-state index in [-0.39, 0.29) is 13.0 Å². The first-order valence-electron chi connectivity index (χ1n) is 9.34. The molecule has 0 amide bonds. The predicted octanol–water partition coefficient (Wildman–Crippen LogP) is 2.54. The van der Waals surface area contributed by atoms with Crippen LogP contribution in [0, 0.1) is 0 Å². The Morgan fingerprint density at radius 1 is 1.21 bits per heavy atom. The maximum absolute atomic E-state index is 12.4. The van der Waals surface area contributed by atoms with Crippen molar-refractivity contribution in [2.45, 2.75) is 25.1 Å². The zero-order valence-corrected chi connectivity index (χ0v) is 15.3. The van der Waals surface area contributed by atoms with E-state index in [1.165, 1.54) is 5.56 Å². The molecule has 3 aromatic rings. The number of furan rings is 1. The second-order valence-electron chi connectivity index (χ2n) is 6.94. The molecule has 4 rings (SSSR count). The highest BCUT2D eigenvalue weighted by Gasteiger charge is 2.33. The molecule has 0 spiro atoms. The van der Waals surface area contributed by atoms with Crippen LogP contribution in [-0.2, 0) is 28.8 Å². The molecule has 6 nitrogen and oxygen atoms in total. The van der Waals surface area contributed by atoms with Crippen molar-refractivity contribution >= 4 is 24.1 Å². The minimum atomic E-state index is -1.81. The van der Waals surface area contributed by atoms with Gasteiger partial charge in [-0.05, 0) is 35.2 Å². The number of para-hydroxylation sites is 1. The Bertz CT molecular complexity index is 980. The molecular formula is C21H21BO6. The summed E-state index contributed by atoms with van der Waals surface area (Å²) in [7, 11) is -1.81. The van der Waals surface area contributed by atoms with Gasteiger partial charge < -0.3 is 23.9 Å². The highest BCUT2D eigenvalue weighted by Crippen LogP contribution is 2.27. The largest absolute Gasteiger partial charge is 0.493 e. The molecule has 1 aliphatic heterocycles. The van der Waals surface area contributed by atoms with Crippen LogP contribution in [0.25, 0.3) is 11.0 Å². The molecule has 0 fully saturated rings. The number of hydrogen-bond donors (Lipinski definition) is 2. The molecule has 144 valence electrons. The average Bonchev–Trinajstić information content (AvgIpc) is 3.32. The number of carbonyl (C=O) groups excluding carboxylic acids is 1. The topological polar surface area (TPSA) is 89.1 Å². The first-order valence-corrected chi connectivity index (χ1v) is 9.34. The highest BCUT2D eigenvalue weighted by molar-refractivity contribution is 6.48. The molecule has 1 atom stereocenters. The fraction of sp³-hybridized carbons (Fsp3) is 0.286. The molecule has 0 saturated carbocycles. The summed E-state index contributed by atoms with van der Waals surface area (Å²) in [5, 5.41) is 20.2. The van der Waals surface area contributed by atoms with Crippen molar-refractivity contribution in [2.24, 2.45) is 0 Å². The van der Waals surface area contributed by atoms with Crippen LogP contribution in [0.1, 0.15) is 16.7 Å². The van der Waals surface area contributed by atoms with Gasteiger partial charge in [-0.25, -0.2) is 0 Å². The van der Waals surface area contributed by atoms with Gasteiger partial charge in [0.05, 0.1) is 25.3 Å². The Kier molecular flexibility index (Phi) is 5.37. The zero-order chi connectivity index (χ0) is 19.5. The molecule has 1 aromatic heterocycles. The van der Waals surface area contributed by atoms with E-state index in [1.807, 2.05) is 36.4 Å². The molecular weight excluding hydrogens is 359 g/mol. The van der Waals surface area contributed by atoms with Crippen molar-refractivity contribution in [3.05, 3.63) is 65.4 Å². The van der Waals surface area contributed by atoms with Crippen LogP contribution in [0.2, 0.25) is 5.82 Å². The van der Waals surface area contributed by atoms with E-state index in [4.69, 9.17) is 13.9 Å². The smallest absolute Gasteiger partial charge is 0.466 e. The standard InChI is InChI=1S/C21H21BO6/c23-21(27-9-7-14-5-6-19-15(11-14)8-10-26-19)18(22(24)25)12-16-13-28-20-4-2-1-3-17(16)20/h1-6,11,13,18,24-25H,7-10,12H2/t18-/m1/s1. The number of hydrogen-bond acceptors (Lipinski definition) is 6. The summed E-state index contributed by atoms with van der Waals surface area (Å²) in [6.07, 6.45) is 3.12. The molecule has 0 radical (unpaired) electrons. The number of ether oxygens (including phenoxy) is 2. The second kappa shape index (κ2) is 8.08. The maximum atomic E-state index is 12.4. The quantitative estimate of drug-likeness (QED) is 0.484. The van der Waals surface area contributed by atoms with Crippen LogP contribution in [0.4, 0.5) is 0 Å². The van der Waals surface area contributed by atoms with Gasteiger partial charge in [0, 0.05) is 18.2 Å². The number of carbonyl (C=O) groups is 1. The highest BCUT2D eigenvalue weighted by atomic mass is 16.5. The lowest BCUT2D eigenvalue weighted by molar-refractivity contribution is -0.143. The van der Waals surface area contributed by atoms with Crippen molar-refractivity contribution < 1.29 is 28.7 Å². The van der Waals surface area contributed by atoms with Crippen molar-refractivity contribution in [2.75, 3.05) is 13.2 Å². The summed E-state index contributed by atoms with van der Waals surface area (Å²) >= 11 is 0. The van der Waals surface area contributed by atoms with Gasteiger partial charge in [-0.2, -0.15) is 0 Å². The minimum absolute atomic E-state index is 0.129. The summed E-state index contributed by atoms with van der Waals surface area (Å²) < 4.78 is 16.3. The van der Waals surface area contributed by atoms with Crippen LogP contribution >= 0.6 is 0 Å². The Morgan fingerprint density at radius 3 is 2.93 bits per heavy atom. The van der Waals surface area contributed by atoms with Crippen molar-refractivity contribution in [3.63, 3.8) is 0 Å². The first kappa shape index (κ1) is 18.6. The maximum Gasteiger partial charge on any atom is 0.466 e. The third kappa shape index (κ3) is 3.91. The molecule has 2 N–H and O–H groups in total. The van der Waals surface area contributed by atoms with Gasteiger partial charge in [-0.3, -0.25) is 4.79 Å². The number of fused-ring (bicyclic) bond motifs is 2. The number of rotatable bonds is 7. The summed E-state index contributed by atoms with van der Waals surface area (Å²) in [5.74, 6) is -0.796. The normalized spacial score (nSPS) is 13.8. The van der Waals surface area contributed by atoms with Crippen molar-refractivity contribution in [3.8, 4) is 5.75 Å². The lowest BCUT2D eigenvalue weighted by Crippen LogP contribution is -2.30. The second-order valence-corrected chi connectivity index (χ2v) is 6.94. The fourth-order valence-electron chi connectivity index (χ4n) is 3.51. The Morgan fingerprint density at radius 2 is 2.07 bits per heavy atom. The van der Waals surface area contributed by atoms with Gasteiger partial charge in [-0.15, -0.1) is 0 Å². The van der Waals surface area contributed by atoms with E-state index < -0.39 is 18.9 Å². The minimum Gasteiger partial charge on any atom is -0.493 e. The van der Waals surface area contributed by atoms with E-state index in [1.54, 1.807) is 6.26 Å². The molecule has 2 heterocycles. The van der Waals surface area contributed by atoms with E-state index in [2.05, 4.69) is 6.07 Å². The lowest BCUT2D eigenvalue weighted by Gasteiger charge is -2.14. The van der Waals surface area contributed by atoms with Gasteiger partial charge in [0.25, 0.3) is 0 Å². The predicted molar refractivity (Wildman–Crippen MR) is 104 cm³/mol. The van der Waals surface area contributed by atoms with Crippen LogP contribution in [0.3, 0.4) is 0 Å². The Labute approximate surface area is 162 Å². The SMILES string of the molecule is O=C(OCCc1ccc2c(c1)CCO2)[C@@H](Cc1coc2ccccc12)B(O)O. The van der Waals surface area contributed by atoms with Gasteiger partial charge in [0.2, 0.25) is 0 Å². The third-order valence-corrected chi connectivity index (χ3v) is 5.05. The molecule has 7 heteroatoms. The van der Waals surface area contributed by atoms with Gasteiger partial charge in [-0.1, -0.05) is 30.3 Å². The lowest BCUT2D eigenvalue weighted by atomic mass is 9.69. The molecule has 0 unspecified atom stereocenters. The number of esters is 1. The van der Waals surface area contributed by atoms with E-state index in [0.717, 1.165) is 28.7 Å². The monoisotopic (exact) mass is 380 g/mol. The van der Waals surface area contributed by atoms with E-state index >= 15 is 0 Å². The zero-order valence-electron chi connectivity index (χ0n) is 15.3. The van der Waals surface area contributed by atoms with Gasteiger partial charge >= 0.3 is 13.1 Å². The molecule has 0 bridgehead atoms. The molecule has 0 aliphatic carbocycles. The molecule has 28 heavy (non-hydrogen) atoms. The third-order valence-electron chi connectivity index (χ3n) is 5.05. The van der Waals surface area contributed by atoms with Crippen LogP contribution in [0.15, 0.2) is 53.1 Å². The fourth-order valence-corrected chi connectivity index (χ4v) is 3.51. The Hall–Kier alpha value is -2.77. The van der Waals surface area contributed by atoms with Gasteiger partial charge in [0.15, 0.2) is 0 Å². The van der Waals surface area contributed by atoms with Gasteiger partial charge in [0.1, 0.15) is 11.3 Å². The summed E-state index contributed by atoms with van der Waals surface area (Å²) in [5.41, 5.74) is 3.65. The van der Waals surface area contributed by atoms with Crippen LogP contribution < -0.4 is 4.74 Å². The average molecular weight is 380 g/mol. The Balaban J connectivity index is 1.37. The van der Waals surface area contributed by atoms with Crippen molar-refractivity contribution in [1.29, 1.82) is 0 Å². The van der Waals surface area contributed by atoms with E-state index in [9.17, 15) is 14.8 Å². The number of benzene rings is 2. The summed E-state index contributed by atoms with van der Waals surface area (Å²) in [4.78, 5) is 12.4. The summed E-state index contributed by atoms with van der Waals surface area (Å²) in [6, 6.07) is 13.4. The van der Waals surface area contributed by atoms with Crippen LogP contribution in [0.5, 0.6) is 5.75 Å². The first-order chi connectivity index (χ1) is 13.6. The van der Waals surface area contributed by atoms with Crippen LogP contribution in [-0.4, -0.2) is 36.3 Å². The molecule has 0 saturated heterocycles. The van der Waals surface area contributed by atoms with E-state index in [0.29, 0.717) is 18.6 Å². The van der Waals surface area contributed by atoms with Crippen molar-refractivity contribution in [1.82, 2.24) is 0 Å². The molecule has 1 aliphatic rings.